The third-order valence-corrected chi connectivity index (χ3v) is 4.37. The maximum atomic E-state index is 12.4. The van der Waals surface area contributed by atoms with Gasteiger partial charge in [-0.15, -0.1) is 0 Å². The minimum Gasteiger partial charge on any atom is -0.487 e. The van der Waals surface area contributed by atoms with Gasteiger partial charge in [0.15, 0.2) is 0 Å². The van der Waals surface area contributed by atoms with E-state index in [4.69, 9.17) is 9.26 Å². The number of amides is 1. The van der Waals surface area contributed by atoms with Gasteiger partial charge in [0.25, 0.3) is 0 Å². The van der Waals surface area contributed by atoms with Crippen LogP contribution in [0.4, 0.5) is 0 Å². The Hall–Kier alpha value is -3.15. The van der Waals surface area contributed by atoms with Crippen molar-refractivity contribution in [2.45, 2.75) is 39.8 Å². The standard InChI is InChI=1S/C21H23N3O3/c1-14(23-21(25)12-20-15(2)24-27-16(20)3)17-7-6-9-19(11-17)26-13-18-8-4-5-10-22-18/h4-11,14H,12-13H2,1-3H3,(H,23,25)/t14-/m0/s1. The summed E-state index contributed by atoms with van der Waals surface area (Å²) >= 11 is 0. The van der Waals surface area contributed by atoms with Gasteiger partial charge in [-0.2, -0.15) is 0 Å². The Morgan fingerprint density at radius 2 is 2.07 bits per heavy atom. The number of aromatic nitrogens is 2. The number of carbonyl (C=O) groups is 1. The Bertz CT molecular complexity index is 887. The first-order valence-corrected chi connectivity index (χ1v) is 8.86. The first kappa shape index (κ1) is 18.6. The zero-order valence-corrected chi connectivity index (χ0v) is 15.7. The lowest BCUT2D eigenvalue weighted by Crippen LogP contribution is -2.28. The van der Waals surface area contributed by atoms with Crippen molar-refractivity contribution >= 4 is 5.91 Å². The summed E-state index contributed by atoms with van der Waals surface area (Å²) in [5, 5.41) is 6.90. The summed E-state index contributed by atoms with van der Waals surface area (Å²) in [6, 6.07) is 13.3. The quantitative estimate of drug-likeness (QED) is 0.691. The van der Waals surface area contributed by atoms with Crippen molar-refractivity contribution in [1.82, 2.24) is 15.5 Å². The second-order valence-corrected chi connectivity index (χ2v) is 6.45. The van der Waals surface area contributed by atoms with Crippen LogP contribution in [-0.2, 0) is 17.8 Å². The van der Waals surface area contributed by atoms with Crippen molar-refractivity contribution in [1.29, 1.82) is 0 Å². The van der Waals surface area contributed by atoms with Crippen LogP contribution in [-0.4, -0.2) is 16.0 Å². The Balaban J connectivity index is 1.59. The molecule has 0 spiro atoms. The number of carbonyl (C=O) groups excluding carboxylic acids is 1. The van der Waals surface area contributed by atoms with Gasteiger partial charge < -0.3 is 14.6 Å². The minimum atomic E-state index is -0.142. The fraction of sp³-hybridized carbons (Fsp3) is 0.286. The number of nitrogens with one attached hydrogen (secondary N) is 1. The number of ether oxygens (including phenoxy) is 1. The van der Waals surface area contributed by atoms with Crippen molar-refractivity contribution in [3.05, 3.63) is 76.9 Å². The molecule has 0 bridgehead atoms. The Morgan fingerprint density at radius 3 is 2.78 bits per heavy atom. The zero-order valence-electron chi connectivity index (χ0n) is 15.7. The third-order valence-electron chi connectivity index (χ3n) is 4.37. The molecule has 1 atom stereocenters. The largest absolute Gasteiger partial charge is 0.487 e. The second-order valence-electron chi connectivity index (χ2n) is 6.45. The molecule has 0 saturated heterocycles. The van der Waals surface area contributed by atoms with E-state index in [1.54, 1.807) is 6.20 Å². The molecular formula is C21H23N3O3. The predicted molar refractivity (Wildman–Crippen MR) is 101 cm³/mol. The highest BCUT2D eigenvalue weighted by Gasteiger charge is 2.16. The average Bonchev–Trinajstić information content (AvgIpc) is 2.99. The number of aryl methyl sites for hydroxylation is 2. The smallest absolute Gasteiger partial charge is 0.225 e. The SMILES string of the molecule is Cc1noc(C)c1CC(=O)N[C@@H](C)c1cccc(OCc2ccccn2)c1. The molecule has 27 heavy (non-hydrogen) atoms. The van der Waals surface area contributed by atoms with E-state index in [-0.39, 0.29) is 18.4 Å². The van der Waals surface area contributed by atoms with Gasteiger partial charge in [0.1, 0.15) is 18.1 Å². The van der Waals surface area contributed by atoms with Crippen molar-refractivity contribution in [2.75, 3.05) is 0 Å². The van der Waals surface area contributed by atoms with E-state index in [9.17, 15) is 4.79 Å². The zero-order chi connectivity index (χ0) is 19.2. The van der Waals surface area contributed by atoms with Gasteiger partial charge in [-0.3, -0.25) is 9.78 Å². The highest BCUT2D eigenvalue weighted by atomic mass is 16.5. The van der Waals surface area contributed by atoms with Gasteiger partial charge in [0.2, 0.25) is 5.91 Å². The van der Waals surface area contributed by atoms with Crippen LogP contribution in [0, 0.1) is 13.8 Å². The molecule has 3 aromatic rings. The van der Waals surface area contributed by atoms with Gasteiger partial charge in [0.05, 0.1) is 23.9 Å². The minimum absolute atomic E-state index is 0.0725. The molecule has 0 aliphatic heterocycles. The van der Waals surface area contributed by atoms with Crippen LogP contribution in [0.25, 0.3) is 0 Å². The van der Waals surface area contributed by atoms with E-state index < -0.39 is 0 Å². The maximum absolute atomic E-state index is 12.4. The van der Waals surface area contributed by atoms with E-state index in [1.165, 1.54) is 0 Å². The highest BCUT2D eigenvalue weighted by molar-refractivity contribution is 5.79. The van der Waals surface area contributed by atoms with Gasteiger partial charge in [-0.1, -0.05) is 23.4 Å². The van der Waals surface area contributed by atoms with E-state index in [0.717, 1.165) is 28.3 Å². The summed E-state index contributed by atoms with van der Waals surface area (Å²) < 4.78 is 10.9. The first-order valence-electron chi connectivity index (χ1n) is 8.86. The summed E-state index contributed by atoms with van der Waals surface area (Å²) in [6.07, 6.45) is 1.99. The Labute approximate surface area is 158 Å². The lowest BCUT2D eigenvalue weighted by Gasteiger charge is -2.15. The number of benzene rings is 1. The molecule has 2 aromatic heterocycles. The van der Waals surface area contributed by atoms with E-state index in [1.807, 2.05) is 63.2 Å². The molecule has 0 aliphatic carbocycles. The molecule has 2 heterocycles. The van der Waals surface area contributed by atoms with Crippen LogP contribution in [0.3, 0.4) is 0 Å². The molecule has 1 N–H and O–H groups in total. The van der Waals surface area contributed by atoms with Crippen molar-refractivity contribution in [2.24, 2.45) is 0 Å². The van der Waals surface area contributed by atoms with Crippen molar-refractivity contribution < 1.29 is 14.1 Å². The number of hydrogen-bond acceptors (Lipinski definition) is 5. The fourth-order valence-corrected chi connectivity index (χ4v) is 2.81. The van der Waals surface area contributed by atoms with Crippen LogP contribution < -0.4 is 10.1 Å². The number of hydrogen-bond donors (Lipinski definition) is 1. The summed E-state index contributed by atoms with van der Waals surface area (Å²) in [7, 11) is 0. The second kappa shape index (κ2) is 8.49. The van der Waals surface area contributed by atoms with Crippen LogP contribution in [0.15, 0.2) is 53.2 Å². The van der Waals surface area contributed by atoms with Gasteiger partial charge in [0, 0.05) is 11.8 Å². The molecular weight excluding hydrogens is 342 g/mol. The highest BCUT2D eigenvalue weighted by Crippen LogP contribution is 2.20. The maximum Gasteiger partial charge on any atom is 0.225 e. The normalized spacial score (nSPS) is 11.8. The Morgan fingerprint density at radius 1 is 1.22 bits per heavy atom. The van der Waals surface area contributed by atoms with Crippen LogP contribution in [0.2, 0.25) is 0 Å². The summed E-state index contributed by atoms with van der Waals surface area (Å²) in [4.78, 5) is 16.6. The lowest BCUT2D eigenvalue weighted by molar-refractivity contribution is -0.121. The fourth-order valence-electron chi connectivity index (χ4n) is 2.81. The molecule has 6 nitrogen and oxygen atoms in total. The third kappa shape index (κ3) is 4.94. The molecule has 0 unspecified atom stereocenters. The Kier molecular flexibility index (Phi) is 5.86. The molecule has 1 amide bonds. The van der Waals surface area contributed by atoms with Crippen LogP contribution >= 0.6 is 0 Å². The number of pyridine rings is 1. The van der Waals surface area contributed by atoms with E-state index in [0.29, 0.717) is 12.4 Å². The van der Waals surface area contributed by atoms with Crippen molar-refractivity contribution in [3.8, 4) is 5.75 Å². The van der Waals surface area contributed by atoms with Gasteiger partial charge >= 0.3 is 0 Å². The van der Waals surface area contributed by atoms with E-state index >= 15 is 0 Å². The molecule has 3 rings (SSSR count). The van der Waals surface area contributed by atoms with E-state index in [2.05, 4.69) is 15.5 Å². The topological polar surface area (TPSA) is 77.2 Å². The lowest BCUT2D eigenvalue weighted by atomic mass is 10.1. The molecule has 1 aromatic carbocycles. The molecule has 0 aliphatic rings. The monoisotopic (exact) mass is 365 g/mol. The number of rotatable bonds is 7. The average molecular weight is 365 g/mol. The first-order chi connectivity index (χ1) is 13.0. The van der Waals surface area contributed by atoms with Crippen LogP contribution in [0.1, 0.15) is 41.2 Å². The molecule has 140 valence electrons. The summed E-state index contributed by atoms with van der Waals surface area (Å²) in [5.74, 6) is 1.35. The molecule has 0 radical (unpaired) electrons. The van der Waals surface area contributed by atoms with Crippen LogP contribution in [0.5, 0.6) is 5.75 Å². The molecule has 0 saturated carbocycles. The van der Waals surface area contributed by atoms with Gasteiger partial charge in [-0.25, -0.2) is 0 Å². The summed E-state index contributed by atoms with van der Waals surface area (Å²) in [6.45, 7) is 6.00. The molecule has 0 fully saturated rings. The van der Waals surface area contributed by atoms with Gasteiger partial charge in [-0.05, 0) is 50.6 Å². The summed E-state index contributed by atoms with van der Waals surface area (Å²) in [5.41, 5.74) is 3.43. The number of nitrogens with zero attached hydrogens (tertiary/aromatic N) is 2. The predicted octanol–water partition coefficient (Wildman–Crippen LogP) is 3.69. The van der Waals surface area contributed by atoms with Crippen molar-refractivity contribution in [3.63, 3.8) is 0 Å². The molecule has 6 heteroatoms.